The molecule has 0 amide bonds. The van der Waals surface area contributed by atoms with Crippen molar-refractivity contribution in [1.29, 1.82) is 0 Å². The number of H-pyrrole nitrogens is 1. The van der Waals surface area contributed by atoms with Crippen LogP contribution in [-0.4, -0.2) is 26.5 Å². The summed E-state index contributed by atoms with van der Waals surface area (Å²) in [4.78, 5) is 36.2. The average Bonchev–Trinajstić information content (AvgIpc) is 2.82. The van der Waals surface area contributed by atoms with Crippen LogP contribution in [0, 0.1) is 6.92 Å². The maximum Gasteiger partial charge on any atom is 0.331 e. The fraction of sp³-hybridized carbons (Fsp3) is 0.462. The molecule has 0 aromatic carbocycles. The molecule has 2 heterocycles. The van der Waals surface area contributed by atoms with E-state index in [0.717, 1.165) is 0 Å². The van der Waals surface area contributed by atoms with Crippen LogP contribution in [0.5, 0.6) is 0 Å². The number of aryl methyl sites for hydroxylation is 1. The Balaban J connectivity index is 2.16. The first-order valence-electron chi connectivity index (χ1n) is 6.24. The highest BCUT2D eigenvalue weighted by atomic mass is 16.5. The molecule has 0 fully saturated rings. The highest BCUT2D eigenvalue weighted by Gasteiger charge is 2.26. The minimum absolute atomic E-state index is 0.0297. The topological polar surface area (TPSA) is 101 Å². The summed E-state index contributed by atoms with van der Waals surface area (Å²) in [7, 11) is 0. The molecule has 7 nitrogen and oxygen atoms in total. The number of Topliss-reactive ketones (excluding diaryl/α,β-unsaturated/α-hetero) is 1. The van der Waals surface area contributed by atoms with Gasteiger partial charge in [0.1, 0.15) is 17.6 Å². The van der Waals surface area contributed by atoms with Crippen molar-refractivity contribution in [2.45, 2.75) is 39.0 Å². The van der Waals surface area contributed by atoms with Crippen LogP contribution < -0.4 is 11.2 Å². The summed E-state index contributed by atoms with van der Waals surface area (Å²) in [5.74, 6) is 0.128. The van der Waals surface area contributed by atoms with Gasteiger partial charge in [0.2, 0.25) is 0 Å². The molecular formula is C13H16N2O5. The summed E-state index contributed by atoms with van der Waals surface area (Å²) in [6.45, 7) is 2.97. The van der Waals surface area contributed by atoms with Gasteiger partial charge in [0.15, 0.2) is 6.23 Å². The number of ketones is 1. The lowest BCUT2D eigenvalue weighted by atomic mass is 10.1. The van der Waals surface area contributed by atoms with E-state index in [1.165, 1.54) is 17.7 Å². The van der Waals surface area contributed by atoms with E-state index in [2.05, 4.69) is 4.98 Å². The molecule has 7 heteroatoms. The van der Waals surface area contributed by atoms with Gasteiger partial charge in [-0.25, -0.2) is 4.79 Å². The molecule has 2 atom stereocenters. The molecule has 0 saturated carbocycles. The normalized spacial score (nSPS) is 19.4. The van der Waals surface area contributed by atoms with Gasteiger partial charge in [-0.2, -0.15) is 0 Å². The SMILES string of the molecule is CC(=O)CC(O)C1=CC[C@H](n2cc(C)c(=O)[nH]c2=O)O1. The molecule has 0 radical (unpaired) electrons. The van der Waals surface area contributed by atoms with Gasteiger partial charge in [-0.15, -0.1) is 0 Å². The highest BCUT2D eigenvalue weighted by molar-refractivity contribution is 5.76. The zero-order chi connectivity index (χ0) is 14.9. The second-order valence-corrected chi connectivity index (χ2v) is 4.82. The predicted octanol–water partition coefficient (Wildman–Crippen LogP) is -0.0122. The van der Waals surface area contributed by atoms with Gasteiger partial charge in [-0.3, -0.25) is 19.1 Å². The fourth-order valence-corrected chi connectivity index (χ4v) is 2.03. The summed E-state index contributed by atoms with van der Waals surface area (Å²) >= 11 is 0. The lowest BCUT2D eigenvalue weighted by Gasteiger charge is -2.18. The van der Waals surface area contributed by atoms with Gasteiger partial charge in [0.05, 0.1) is 0 Å². The summed E-state index contributed by atoms with van der Waals surface area (Å²) in [5.41, 5.74) is -0.610. The van der Waals surface area contributed by atoms with Gasteiger partial charge in [0, 0.05) is 24.6 Å². The third-order valence-electron chi connectivity index (χ3n) is 3.06. The molecule has 2 N–H and O–H groups in total. The van der Waals surface area contributed by atoms with Crippen molar-refractivity contribution < 1.29 is 14.6 Å². The molecular weight excluding hydrogens is 264 g/mol. The number of aliphatic hydroxyl groups is 1. The number of nitrogens with zero attached hydrogens (tertiary/aromatic N) is 1. The van der Waals surface area contributed by atoms with Crippen LogP contribution >= 0.6 is 0 Å². The average molecular weight is 280 g/mol. The van der Waals surface area contributed by atoms with Crippen LogP contribution in [0.4, 0.5) is 0 Å². The van der Waals surface area contributed by atoms with E-state index < -0.39 is 23.6 Å². The second-order valence-electron chi connectivity index (χ2n) is 4.82. The highest BCUT2D eigenvalue weighted by Crippen LogP contribution is 2.27. The lowest BCUT2D eigenvalue weighted by molar-refractivity contribution is -0.119. The Morgan fingerprint density at radius 3 is 2.95 bits per heavy atom. The Bertz CT molecular complexity index is 670. The molecule has 1 aromatic rings. The van der Waals surface area contributed by atoms with E-state index in [9.17, 15) is 19.5 Å². The van der Waals surface area contributed by atoms with Crippen molar-refractivity contribution in [2.75, 3.05) is 0 Å². The molecule has 0 saturated heterocycles. The molecule has 1 aliphatic rings. The second kappa shape index (κ2) is 5.46. The Morgan fingerprint density at radius 2 is 2.30 bits per heavy atom. The van der Waals surface area contributed by atoms with Crippen molar-refractivity contribution in [1.82, 2.24) is 9.55 Å². The molecule has 2 rings (SSSR count). The zero-order valence-electron chi connectivity index (χ0n) is 11.3. The van der Waals surface area contributed by atoms with E-state index >= 15 is 0 Å². The molecule has 0 bridgehead atoms. The van der Waals surface area contributed by atoms with Crippen molar-refractivity contribution in [3.8, 4) is 0 Å². The summed E-state index contributed by atoms with van der Waals surface area (Å²) in [5, 5.41) is 9.79. The summed E-state index contributed by atoms with van der Waals surface area (Å²) in [6.07, 6.45) is 1.80. The molecule has 108 valence electrons. The summed E-state index contributed by atoms with van der Waals surface area (Å²) < 4.78 is 6.75. The molecule has 0 spiro atoms. The van der Waals surface area contributed by atoms with E-state index in [4.69, 9.17) is 4.74 Å². The first-order valence-corrected chi connectivity index (χ1v) is 6.24. The van der Waals surface area contributed by atoms with Crippen LogP contribution in [0.25, 0.3) is 0 Å². The Hall–Kier alpha value is -2.15. The van der Waals surface area contributed by atoms with E-state index in [1.807, 2.05) is 0 Å². The smallest absolute Gasteiger partial charge is 0.331 e. The van der Waals surface area contributed by atoms with Crippen LogP contribution in [-0.2, 0) is 9.53 Å². The molecule has 20 heavy (non-hydrogen) atoms. The number of rotatable bonds is 4. The van der Waals surface area contributed by atoms with Crippen LogP contribution in [0.15, 0.2) is 27.6 Å². The number of nitrogens with one attached hydrogen (secondary N) is 1. The van der Waals surface area contributed by atoms with Crippen LogP contribution in [0.1, 0.15) is 31.6 Å². The quantitative estimate of drug-likeness (QED) is 0.807. The summed E-state index contributed by atoms with van der Waals surface area (Å²) in [6, 6.07) is 0. The number of aromatic nitrogens is 2. The zero-order valence-corrected chi connectivity index (χ0v) is 11.3. The molecule has 0 aliphatic carbocycles. The largest absolute Gasteiger partial charge is 0.472 e. The number of hydrogen-bond donors (Lipinski definition) is 2. The van der Waals surface area contributed by atoms with Crippen molar-refractivity contribution in [3.63, 3.8) is 0 Å². The number of carbonyl (C=O) groups is 1. The van der Waals surface area contributed by atoms with E-state index in [-0.39, 0.29) is 18.0 Å². The third-order valence-corrected chi connectivity index (χ3v) is 3.06. The molecule has 1 unspecified atom stereocenters. The van der Waals surface area contributed by atoms with E-state index in [1.54, 1.807) is 13.0 Å². The number of ether oxygens (including phenoxy) is 1. The van der Waals surface area contributed by atoms with Crippen LogP contribution in [0.2, 0.25) is 0 Å². The first-order chi connectivity index (χ1) is 9.38. The first kappa shape index (κ1) is 14.3. The van der Waals surface area contributed by atoms with Gasteiger partial charge < -0.3 is 9.84 Å². The minimum Gasteiger partial charge on any atom is -0.472 e. The maximum atomic E-state index is 11.7. The number of hydrogen-bond acceptors (Lipinski definition) is 5. The van der Waals surface area contributed by atoms with Crippen LogP contribution in [0.3, 0.4) is 0 Å². The standard InChI is InChI=1S/C13H16N2O5/c1-7-6-15(13(19)14-12(7)18)11-4-3-10(20-11)9(17)5-8(2)16/h3,6,9,11,17H,4-5H2,1-2H3,(H,14,18,19)/t9?,11-/m1/s1. The monoisotopic (exact) mass is 280 g/mol. The van der Waals surface area contributed by atoms with Crippen molar-refractivity contribution in [3.05, 3.63) is 44.4 Å². The Kier molecular flexibility index (Phi) is 3.89. The third kappa shape index (κ3) is 2.88. The van der Waals surface area contributed by atoms with Gasteiger partial charge in [-0.05, 0) is 19.9 Å². The Labute approximate surface area is 114 Å². The van der Waals surface area contributed by atoms with Gasteiger partial charge >= 0.3 is 5.69 Å². The fourth-order valence-electron chi connectivity index (χ4n) is 2.03. The maximum absolute atomic E-state index is 11.7. The predicted molar refractivity (Wildman–Crippen MR) is 70.2 cm³/mol. The van der Waals surface area contributed by atoms with E-state index in [0.29, 0.717) is 12.0 Å². The number of carbonyl (C=O) groups excluding carboxylic acids is 1. The van der Waals surface area contributed by atoms with Crippen molar-refractivity contribution >= 4 is 5.78 Å². The Morgan fingerprint density at radius 1 is 1.60 bits per heavy atom. The molecule has 1 aromatic heterocycles. The minimum atomic E-state index is -1.00. The lowest BCUT2D eigenvalue weighted by Crippen LogP contribution is -2.33. The van der Waals surface area contributed by atoms with Gasteiger partial charge in [0.25, 0.3) is 5.56 Å². The van der Waals surface area contributed by atoms with Crippen molar-refractivity contribution in [2.24, 2.45) is 0 Å². The number of aromatic amines is 1. The molecule has 1 aliphatic heterocycles. The number of aliphatic hydroxyl groups excluding tert-OH is 1. The van der Waals surface area contributed by atoms with Gasteiger partial charge in [-0.1, -0.05) is 0 Å².